The van der Waals surface area contributed by atoms with Gasteiger partial charge in [-0.15, -0.1) is 0 Å². The molecule has 0 bridgehead atoms. The minimum atomic E-state index is -0.430. The molecule has 1 amide bonds. The van der Waals surface area contributed by atoms with Crippen LogP contribution in [0.3, 0.4) is 0 Å². The van der Waals surface area contributed by atoms with Crippen LogP contribution in [0.25, 0.3) is 0 Å². The van der Waals surface area contributed by atoms with Gasteiger partial charge in [0.1, 0.15) is 0 Å². The van der Waals surface area contributed by atoms with Crippen LogP contribution in [0.1, 0.15) is 39.2 Å². The molecular weight excluding hydrogens is 236 g/mol. The fraction of sp³-hybridized carbons (Fsp3) is 0.562. The molecule has 1 rings (SSSR count). The van der Waals surface area contributed by atoms with Gasteiger partial charge in [0.25, 0.3) is 0 Å². The molecule has 1 aromatic carbocycles. The lowest BCUT2D eigenvalue weighted by Gasteiger charge is -2.34. The van der Waals surface area contributed by atoms with E-state index in [0.717, 1.165) is 18.5 Å². The van der Waals surface area contributed by atoms with Crippen molar-refractivity contribution in [1.29, 1.82) is 0 Å². The Morgan fingerprint density at radius 2 is 1.68 bits per heavy atom. The normalized spacial score (nSPS) is 11.4. The number of nitrogens with two attached hydrogens (primary N) is 1. The molecular formula is C16H26N2O. The van der Waals surface area contributed by atoms with E-state index in [4.69, 9.17) is 5.73 Å². The topological polar surface area (TPSA) is 46.3 Å². The second kappa shape index (κ2) is 6.71. The first-order valence-electron chi connectivity index (χ1n) is 7.13. The Kier molecular flexibility index (Phi) is 5.55. The molecule has 19 heavy (non-hydrogen) atoms. The molecule has 2 N–H and O–H groups in total. The molecule has 0 saturated heterocycles. The Labute approximate surface area is 116 Å². The largest absolute Gasteiger partial charge is 0.329 e. The van der Waals surface area contributed by atoms with E-state index in [0.29, 0.717) is 13.1 Å². The molecule has 0 atom stereocenters. The lowest BCUT2D eigenvalue weighted by Crippen LogP contribution is -2.47. The highest BCUT2D eigenvalue weighted by atomic mass is 16.2. The van der Waals surface area contributed by atoms with Crippen molar-refractivity contribution in [2.45, 2.75) is 40.5 Å². The van der Waals surface area contributed by atoms with Gasteiger partial charge in [-0.2, -0.15) is 0 Å². The number of carbonyl (C=O) groups is 1. The van der Waals surface area contributed by atoms with Crippen molar-refractivity contribution < 1.29 is 4.79 Å². The van der Waals surface area contributed by atoms with Gasteiger partial charge < -0.3 is 10.6 Å². The van der Waals surface area contributed by atoms with E-state index in [9.17, 15) is 4.79 Å². The van der Waals surface area contributed by atoms with Crippen molar-refractivity contribution in [2.24, 2.45) is 11.1 Å². The lowest BCUT2D eigenvalue weighted by molar-refractivity contribution is -0.128. The summed E-state index contributed by atoms with van der Waals surface area (Å²) in [7, 11) is 0. The van der Waals surface area contributed by atoms with Crippen LogP contribution in [0.15, 0.2) is 24.3 Å². The maximum atomic E-state index is 12.8. The van der Waals surface area contributed by atoms with E-state index in [-0.39, 0.29) is 5.91 Å². The summed E-state index contributed by atoms with van der Waals surface area (Å²) in [6, 6.07) is 8.08. The standard InChI is InChI=1S/C16H26N2O/c1-5-16(6-2,12-17)15(19)18(7-3)14-10-8-13(4)9-11-14/h8-11H,5-7,12,17H2,1-4H3. The molecule has 0 aromatic heterocycles. The minimum absolute atomic E-state index is 0.145. The Morgan fingerprint density at radius 1 is 1.16 bits per heavy atom. The smallest absolute Gasteiger partial charge is 0.234 e. The zero-order valence-corrected chi connectivity index (χ0v) is 12.6. The van der Waals surface area contributed by atoms with E-state index in [1.54, 1.807) is 0 Å². The summed E-state index contributed by atoms with van der Waals surface area (Å²) in [6.45, 7) is 9.20. The molecule has 0 fully saturated rings. The third-order valence-electron chi connectivity index (χ3n) is 4.10. The maximum absolute atomic E-state index is 12.8. The molecule has 0 aliphatic heterocycles. The van der Waals surface area contributed by atoms with Crippen LogP contribution in [-0.2, 0) is 4.79 Å². The van der Waals surface area contributed by atoms with E-state index >= 15 is 0 Å². The van der Waals surface area contributed by atoms with Gasteiger partial charge in [0.05, 0.1) is 5.41 Å². The highest BCUT2D eigenvalue weighted by molar-refractivity contribution is 5.97. The molecule has 0 aliphatic carbocycles. The summed E-state index contributed by atoms with van der Waals surface area (Å²) >= 11 is 0. The Balaban J connectivity index is 3.08. The van der Waals surface area contributed by atoms with Gasteiger partial charge in [-0.3, -0.25) is 4.79 Å². The average molecular weight is 262 g/mol. The zero-order chi connectivity index (χ0) is 14.5. The number of nitrogens with zero attached hydrogens (tertiary/aromatic N) is 1. The third-order valence-corrected chi connectivity index (χ3v) is 4.10. The molecule has 0 spiro atoms. The molecule has 0 aliphatic rings. The average Bonchev–Trinajstić information content (AvgIpc) is 2.44. The highest BCUT2D eigenvalue weighted by Gasteiger charge is 2.36. The molecule has 106 valence electrons. The lowest BCUT2D eigenvalue weighted by atomic mass is 9.80. The second-order valence-corrected chi connectivity index (χ2v) is 5.08. The van der Waals surface area contributed by atoms with Gasteiger partial charge in [0.2, 0.25) is 5.91 Å². The van der Waals surface area contributed by atoms with E-state index in [1.807, 2.05) is 56.9 Å². The van der Waals surface area contributed by atoms with Crippen molar-refractivity contribution in [1.82, 2.24) is 0 Å². The predicted octanol–water partition coefficient (Wildman–Crippen LogP) is 3.11. The summed E-state index contributed by atoms with van der Waals surface area (Å²) in [5.74, 6) is 0.145. The first kappa shape index (κ1) is 15.7. The van der Waals surface area contributed by atoms with Crippen LogP contribution in [0.2, 0.25) is 0 Å². The Bertz CT molecular complexity index is 399. The SMILES string of the molecule is CCN(C(=O)C(CC)(CC)CN)c1ccc(C)cc1. The van der Waals surface area contributed by atoms with Crippen LogP contribution in [0.5, 0.6) is 0 Å². The highest BCUT2D eigenvalue weighted by Crippen LogP contribution is 2.30. The minimum Gasteiger partial charge on any atom is -0.329 e. The van der Waals surface area contributed by atoms with Crippen molar-refractivity contribution in [2.75, 3.05) is 18.0 Å². The number of amides is 1. The summed E-state index contributed by atoms with van der Waals surface area (Å²) in [5, 5.41) is 0. The third kappa shape index (κ3) is 3.16. The zero-order valence-electron chi connectivity index (χ0n) is 12.6. The first-order chi connectivity index (χ1) is 9.04. The fourth-order valence-corrected chi connectivity index (χ4v) is 2.38. The van der Waals surface area contributed by atoms with Crippen molar-refractivity contribution in [3.8, 4) is 0 Å². The van der Waals surface area contributed by atoms with Crippen molar-refractivity contribution >= 4 is 11.6 Å². The maximum Gasteiger partial charge on any atom is 0.234 e. The Hall–Kier alpha value is -1.35. The van der Waals surface area contributed by atoms with Gasteiger partial charge in [-0.05, 0) is 38.8 Å². The quantitative estimate of drug-likeness (QED) is 0.856. The van der Waals surface area contributed by atoms with Crippen LogP contribution < -0.4 is 10.6 Å². The molecule has 0 radical (unpaired) electrons. The van der Waals surface area contributed by atoms with Crippen LogP contribution in [0, 0.1) is 12.3 Å². The number of aryl methyl sites for hydroxylation is 1. The molecule has 0 saturated carbocycles. The summed E-state index contributed by atoms with van der Waals surface area (Å²) < 4.78 is 0. The molecule has 1 aromatic rings. The second-order valence-electron chi connectivity index (χ2n) is 5.08. The summed E-state index contributed by atoms with van der Waals surface area (Å²) in [6.07, 6.45) is 1.56. The van der Waals surface area contributed by atoms with E-state index in [2.05, 4.69) is 0 Å². The van der Waals surface area contributed by atoms with Crippen molar-refractivity contribution in [3.05, 3.63) is 29.8 Å². The van der Waals surface area contributed by atoms with E-state index in [1.165, 1.54) is 5.56 Å². The molecule has 0 heterocycles. The fourth-order valence-electron chi connectivity index (χ4n) is 2.38. The number of rotatable bonds is 6. The predicted molar refractivity (Wildman–Crippen MR) is 81.3 cm³/mol. The number of benzene rings is 1. The monoisotopic (exact) mass is 262 g/mol. The number of hydrogen-bond donors (Lipinski definition) is 1. The Morgan fingerprint density at radius 3 is 2.05 bits per heavy atom. The van der Waals surface area contributed by atoms with Gasteiger partial charge >= 0.3 is 0 Å². The molecule has 3 nitrogen and oxygen atoms in total. The first-order valence-corrected chi connectivity index (χ1v) is 7.13. The van der Waals surface area contributed by atoms with Gasteiger partial charge in [-0.1, -0.05) is 31.5 Å². The number of hydrogen-bond acceptors (Lipinski definition) is 2. The van der Waals surface area contributed by atoms with Gasteiger partial charge in [0.15, 0.2) is 0 Å². The molecule has 0 unspecified atom stereocenters. The van der Waals surface area contributed by atoms with Gasteiger partial charge in [0, 0.05) is 18.8 Å². The van der Waals surface area contributed by atoms with Crippen LogP contribution >= 0.6 is 0 Å². The summed E-state index contributed by atoms with van der Waals surface area (Å²) in [5.41, 5.74) is 7.60. The van der Waals surface area contributed by atoms with Gasteiger partial charge in [-0.25, -0.2) is 0 Å². The number of anilines is 1. The van der Waals surface area contributed by atoms with Crippen LogP contribution in [0.4, 0.5) is 5.69 Å². The summed E-state index contributed by atoms with van der Waals surface area (Å²) in [4.78, 5) is 14.7. The van der Waals surface area contributed by atoms with E-state index < -0.39 is 5.41 Å². The van der Waals surface area contributed by atoms with Crippen molar-refractivity contribution in [3.63, 3.8) is 0 Å². The molecule has 3 heteroatoms. The number of carbonyl (C=O) groups excluding carboxylic acids is 1. The van der Waals surface area contributed by atoms with Crippen LogP contribution in [-0.4, -0.2) is 19.0 Å².